The van der Waals surface area contributed by atoms with Gasteiger partial charge in [0.2, 0.25) is 0 Å². The van der Waals surface area contributed by atoms with Crippen LogP contribution >= 0.6 is 0 Å². The molecule has 0 saturated carbocycles. The highest BCUT2D eigenvalue weighted by Gasteiger charge is 2.22. The van der Waals surface area contributed by atoms with E-state index in [4.69, 9.17) is 8.83 Å². The minimum absolute atomic E-state index is 0.868. The number of para-hydroxylation sites is 2. The largest absolute Gasteiger partial charge is 0.456 e. The third-order valence-electron chi connectivity index (χ3n) is 12.3. The Hall–Kier alpha value is -8.40. The normalized spacial score (nSPS) is 11.5. The molecule has 12 rings (SSSR count). The first-order chi connectivity index (χ1) is 31.2. The van der Waals surface area contributed by atoms with E-state index in [1.165, 1.54) is 11.1 Å². The molecule has 2 heterocycles. The number of benzene rings is 10. The van der Waals surface area contributed by atoms with Crippen LogP contribution in [0.3, 0.4) is 0 Å². The van der Waals surface area contributed by atoms with Gasteiger partial charge >= 0.3 is 0 Å². The lowest BCUT2D eigenvalue weighted by molar-refractivity contribution is 0.668. The highest BCUT2D eigenvalue weighted by atomic mass is 16.3. The van der Waals surface area contributed by atoms with E-state index in [-0.39, 0.29) is 0 Å². The maximum atomic E-state index is 6.48. The van der Waals surface area contributed by atoms with Gasteiger partial charge in [-0.3, -0.25) is 0 Å². The molecule has 0 bridgehead atoms. The van der Waals surface area contributed by atoms with Crippen LogP contribution in [0.1, 0.15) is 0 Å². The van der Waals surface area contributed by atoms with Crippen LogP contribution < -0.4 is 4.90 Å². The van der Waals surface area contributed by atoms with Crippen molar-refractivity contribution < 1.29 is 8.83 Å². The van der Waals surface area contributed by atoms with E-state index in [1.807, 2.05) is 24.3 Å². The Morgan fingerprint density at radius 2 is 0.714 bits per heavy atom. The molecule has 3 heteroatoms. The van der Waals surface area contributed by atoms with Crippen LogP contribution in [0.4, 0.5) is 17.1 Å². The molecule has 63 heavy (non-hydrogen) atoms. The first-order valence-corrected chi connectivity index (χ1v) is 21.4. The van der Waals surface area contributed by atoms with Gasteiger partial charge in [-0.25, -0.2) is 0 Å². The van der Waals surface area contributed by atoms with E-state index in [2.05, 4.69) is 217 Å². The number of hydrogen-bond donors (Lipinski definition) is 0. The first kappa shape index (κ1) is 36.5. The Labute approximate surface area is 365 Å². The van der Waals surface area contributed by atoms with E-state index < -0.39 is 0 Å². The van der Waals surface area contributed by atoms with Gasteiger partial charge in [0.25, 0.3) is 0 Å². The number of furan rings is 2. The molecule has 10 aromatic carbocycles. The van der Waals surface area contributed by atoms with Crippen LogP contribution in [-0.4, -0.2) is 0 Å². The summed E-state index contributed by atoms with van der Waals surface area (Å²) in [6, 6.07) is 84.3. The fourth-order valence-electron chi connectivity index (χ4n) is 9.24. The maximum Gasteiger partial charge on any atom is 0.136 e. The zero-order chi connectivity index (χ0) is 41.7. The molecule has 0 amide bonds. The summed E-state index contributed by atoms with van der Waals surface area (Å²) >= 11 is 0. The Morgan fingerprint density at radius 3 is 1.38 bits per heavy atom. The summed E-state index contributed by atoms with van der Waals surface area (Å²) in [6.07, 6.45) is 0. The Balaban J connectivity index is 1.07. The van der Waals surface area contributed by atoms with Crippen molar-refractivity contribution in [2.45, 2.75) is 0 Å². The summed E-state index contributed by atoms with van der Waals surface area (Å²) in [4.78, 5) is 2.41. The quantitative estimate of drug-likeness (QED) is 0.153. The molecule has 0 saturated heterocycles. The molecule has 0 aliphatic heterocycles. The van der Waals surface area contributed by atoms with E-state index >= 15 is 0 Å². The minimum atomic E-state index is 0.868. The van der Waals surface area contributed by atoms with Crippen molar-refractivity contribution in [1.29, 1.82) is 0 Å². The standard InChI is InChI=1S/C60H39NO2/c1-3-14-40(15-4-1)43-18-11-20-47(36-43)60-50(46-31-35-54-52-23-8-10-27-57(52)63-59(54)39-46)24-13-25-55(60)61(49-21-12-19-44(37-49)41-16-5-2-6-17-41)48-32-28-42(29-33-48)45-30-34-53-51-22-7-9-26-56(51)62-58(53)38-45/h1-39H. The molecule has 0 unspecified atom stereocenters. The van der Waals surface area contributed by atoms with Crippen molar-refractivity contribution in [3.05, 3.63) is 237 Å². The molecule has 0 aliphatic rings. The Morgan fingerprint density at radius 1 is 0.254 bits per heavy atom. The average molecular weight is 806 g/mol. The lowest BCUT2D eigenvalue weighted by Crippen LogP contribution is -2.12. The molecule has 2 aromatic heterocycles. The summed E-state index contributed by atoms with van der Waals surface area (Å²) in [5.74, 6) is 0. The summed E-state index contributed by atoms with van der Waals surface area (Å²) in [5.41, 5.74) is 18.0. The van der Waals surface area contributed by atoms with Crippen LogP contribution in [0, 0.1) is 0 Å². The van der Waals surface area contributed by atoms with Crippen LogP contribution in [0.25, 0.3) is 99.5 Å². The monoisotopic (exact) mass is 805 g/mol. The zero-order valence-corrected chi connectivity index (χ0v) is 34.3. The van der Waals surface area contributed by atoms with Crippen LogP contribution in [-0.2, 0) is 0 Å². The van der Waals surface area contributed by atoms with Gasteiger partial charge in [-0.2, -0.15) is 0 Å². The second kappa shape index (κ2) is 15.3. The number of anilines is 3. The molecule has 3 nitrogen and oxygen atoms in total. The highest BCUT2D eigenvalue weighted by molar-refractivity contribution is 6.08. The van der Waals surface area contributed by atoms with Gasteiger partial charge in [-0.05, 0) is 123 Å². The summed E-state index contributed by atoms with van der Waals surface area (Å²) in [7, 11) is 0. The van der Waals surface area contributed by atoms with Crippen molar-refractivity contribution in [3.8, 4) is 55.6 Å². The second-order valence-electron chi connectivity index (χ2n) is 16.1. The van der Waals surface area contributed by atoms with Gasteiger partial charge < -0.3 is 13.7 Å². The third kappa shape index (κ3) is 6.55. The molecule has 0 spiro atoms. The molecule has 0 N–H and O–H groups in total. The fraction of sp³-hybridized carbons (Fsp3) is 0. The van der Waals surface area contributed by atoms with Crippen LogP contribution in [0.5, 0.6) is 0 Å². The Kier molecular flexibility index (Phi) is 8.83. The topological polar surface area (TPSA) is 29.5 Å². The molecule has 12 aromatic rings. The lowest BCUT2D eigenvalue weighted by Gasteiger charge is -2.30. The molecule has 296 valence electrons. The second-order valence-corrected chi connectivity index (χ2v) is 16.1. The number of nitrogens with zero attached hydrogens (tertiary/aromatic N) is 1. The molecule has 0 radical (unpaired) electrons. The zero-order valence-electron chi connectivity index (χ0n) is 34.3. The lowest BCUT2D eigenvalue weighted by atomic mass is 9.90. The van der Waals surface area contributed by atoms with Crippen molar-refractivity contribution in [2.24, 2.45) is 0 Å². The minimum Gasteiger partial charge on any atom is -0.456 e. The predicted molar refractivity (Wildman–Crippen MR) is 263 cm³/mol. The number of rotatable bonds is 8. The van der Waals surface area contributed by atoms with E-state index in [9.17, 15) is 0 Å². The van der Waals surface area contributed by atoms with E-state index in [1.54, 1.807) is 0 Å². The SMILES string of the molecule is c1ccc(-c2cccc(-c3c(-c4ccc5c(c4)oc4ccccc45)cccc3N(c3ccc(-c4ccc5c(c4)oc4ccccc45)cc3)c3cccc(-c4ccccc4)c3)c2)cc1. The van der Waals surface area contributed by atoms with Gasteiger partial charge in [0, 0.05) is 38.5 Å². The molecular weight excluding hydrogens is 767 g/mol. The van der Waals surface area contributed by atoms with Gasteiger partial charge in [0.15, 0.2) is 0 Å². The predicted octanol–water partition coefficient (Wildman–Crippen LogP) is 17.3. The Bertz CT molecular complexity index is 3620. The third-order valence-corrected chi connectivity index (χ3v) is 12.3. The highest BCUT2D eigenvalue weighted by Crippen LogP contribution is 2.47. The van der Waals surface area contributed by atoms with Crippen LogP contribution in [0.2, 0.25) is 0 Å². The molecular formula is C60H39NO2. The molecule has 0 atom stereocenters. The van der Waals surface area contributed by atoms with Crippen molar-refractivity contribution >= 4 is 60.9 Å². The number of fused-ring (bicyclic) bond motifs is 6. The summed E-state index contributed by atoms with van der Waals surface area (Å²) in [6.45, 7) is 0. The average Bonchev–Trinajstić information content (AvgIpc) is 3.93. The smallest absolute Gasteiger partial charge is 0.136 e. The fourth-order valence-corrected chi connectivity index (χ4v) is 9.24. The molecule has 0 aliphatic carbocycles. The first-order valence-electron chi connectivity index (χ1n) is 21.4. The van der Waals surface area contributed by atoms with Crippen molar-refractivity contribution in [1.82, 2.24) is 0 Å². The van der Waals surface area contributed by atoms with Crippen LogP contribution in [0.15, 0.2) is 245 Å². The maximum absolute atomic E-state index is 6.48. The van der Waals surface area contributed by atoms with E-state index in [0.717, 1.165) is 105 Å². The van der Waals surface area contributed by atoms with Gasteiger partial charge in [0.05, 0.1) is 5.69 Å². The number of hydrogen-bond acceptors (Lipinski definition) is 3. The van der Waals surface area contributed by atoms with Crippen molar-refractivity contribution in [3.63, 3.8) is 0 Å². The van der Waals surface area contributed by atoms with Crippen molar-refractivity contribution in [2.75, 3.05) is 4.90 Å². The van der Waals surface area contributed by atoms with Gasteiger partial charge in [0.1, 0.15) is 22.3 Å². The molecule has 0 fully saturated rings. The summed E-state index contributed by atoms with van der Waals surface area (Å²) < 4.78 is 12.8. The summed E-state index contributed by atoms with van der Waals surface area (Å²) in [5, 5.41) is 4.48. The van der Waals surface area contributed by atoms with Gasteiger partial charge in [-0.15, -0.1) is 0 Å². The van der Waals surface area contributed by atoms with Gasteiger partial charge in [-0.1, -0.05) is 164 Å². The van der Waals surface area contributed by atoms with E-state index in [0.29, 0.717) is 0 Å².